The quantitative estimate of drug-likeness (QED) is 0.427. The van der Waals surface area contributed by atoms with Crippen molar-refractivity contribution in [3.8, 4) is 5.75 Å². The molecular formula is C18H14N2O6. The van der Waals surface area contributed by atoms with E-state index in [1.807, 2.05) is 6.92 Å². The third kappa shape index (κ3) is 3.54. The first-order valence-corrected chi connectivity index (χ1v) is 7.74. The molecule has 0 bridgehead atoms. The molecule has 0 aliphatic rings. The summed E-state index contributed by atoms with van der Waals surface area (Å²) >= 11 is 0. The van der Waals surface area contributed by atoms with Crippen LogP contribution in [-0.2, 0) is 0 Å². The zero-order valence-electron chi connectivity index (χ0n) is 13.7. The lowest BCUT2D eigenvalue weighted by atomic mass is 10.1. The van der Waals surface area contributed by atoms with Gasteiger partial charge in [0.25, 0.3) is 11.6 Å². The number of hydrogen-bond acceptors (Lipinski definition) is 6. The Kier molecular flexibility index (Phi) is 4.66. The number of nitro groups is 1. The maximum Gasteiger partial charge on any atom is 0.349 e. The Morgan fingerprint density at radius 1 is 1.19 bits per heavy atom. The molecule has 2 aromatic carbocycles. The molecule has 0 unspecified atom stereocenters. The van der Waals surface area contributed by atoms with E-state index in [1.54, 1.807) is 18.2 Å². The molecule has 0 saturated carbocycles. The molecule has 0 atom stereocenters. The number of fused-ring (bicyclic) bond motifs is 1. The summed E-state index contributed by atoms with van der Waals surface area (Å²) in [5.41, 5.74) is -0.413. The van der Waals surface area contributed by atoms with Crippen LogP contribution in [0.2, 0.25) is 0 Å². The lowest BCUT2D eigenvalue weighted by molar-refractivity contribution is -0.384. The van der Waals surface area contributed by atoms with Crippen LogP contribution in [0.3, 0.4) is 0 Å². The number of benzene rings is 2. The summed E-state index contributed by atoms with van der Waals surface area (Å²) in [6, 6.07) is 11.7. The van der Waals surface area contributed by atoms with Gasteiger partial charge in [0.2, 0.25) is 0 Å². The monoisotopic (exact) mass is 354 g/mol. The minimum absolute atomic E-state index is 0.0988. The molecule has 1 amide bonds. The maximum atomic E-state index is 12.3. The third-order valence-electron chi connectivity index (χ3n) is 3.60. The van der Waals surface area contributed by atoms with Crippen molar-refractivity contribution >= 4 is 28.3 Å². The standard InChI is InChI=1S/C18H14N2O6/c1-2-25-14-8-3-11-9-15(18(22)26-16(11)10-14)17(21)19-12-4-6-13(7-5-12)20(23)24/h3-10H,2H2,1H3,(H,19,21). The maximum absolute atomic E-state index is 12.3. The van der Waals surface area contributed by atoms with Gasteiger partial charge in [-0.1, -0.05) is 0 Å². The summed E-state index contributed by atoms with van der Waals surface area (Å²) in [5.74, 6) is -0.102. The number of ether oxygens (including phenoxy) is 1. The summed E-state index contributed by atoms with van der Waals surface area (Å²) in [4.78, 5) is 34.6. The van der Waals surface area contributed by atoms with Crippen molar-refractivity contribution in [2.24, 2.45) is 0 Å². The van der Waals surface area contributed by atoms with Crippen LogP contribution in [0.4, 0.5) is 11.4 Å². The average Bonchev–Trinajstić information content (AvgIpc) is 2.61. The molecule has 0 aliphatic heterocycles. The molecule has 8 nitrogen and oxygen atoms in total. The second-order valence-corrected chi connectivity index (χ2v) is 5.34. The minimum Gasteiger partial charge on any atom is -0.494 e. The fourth-order valence-electron chi connectivity index (χ4n) is 2.37. The smallest absolute Gasteiger partial charge is 0.349 e. The number of carbonyl (C=O) groups is 1. The Balaban J connectivity index is 1.87. The number of nitrogens with zero attached hydrogens (tertiary/aromatic N) is 1. The number of nitrogens with one attached hydrogen (secondary N) is 1. The highest BCUT2D eigenvalue weighted by Gasteiger charge is 2.15. The van der Waals surface area contributed by atoms with Crippen LogP contribution in [0.5, 0.6) is 5.75 Å². The molecule has 0 spiro atoms. The van der Waals surface area contributed by atoms with Crippen LogP contribution < -0.4 is 15.7 Å². The SMILES string of the molecule is CCOc1ccc2cc(C(=O)Nc3ccc([N+](=O)[O-])cc3)c(=O)oc2c1. The van der Waals surface area contributed by atoms with E-state index in [4.69, 9.17) is 9.15 Å². The Labute approximate surface area is 147 Å². The van der Waals surface area contributed by atoms with Gasteiger partial charge in [-0.15, -0.1) is 0 Å². The van der Waals surface area contributed by atoms with Gasteiger partial charge in [0.15, 0.2) is 0 Å². The molecule has 0 fully saturated rings. The Bertz CT molecular complexity index is 1040. The number of carbonyl (C=O) groups excluding carboxylic acids is 1. The van der Waals surface area contributed by atoms with Crippen molar-refractivity contribution in [1.29, 1.82) is 0 Å². The highest BCUT2D eigenvalue weighted by molar-refractivity contribution is 6.05. The predicted octanol–water partition coefficient (Wildman–Crippen LogP) is 3.35. The van der Waals surface area contributed by atoms with Crippen molar-refractivity contribution in [1.82, 2.24) is 0 Å². The van der Waals surface area contributed by atoms with Crippen LogP contribution in [-0.4, -0.2) is 17.4 Å². The lowest BCUT2D eigenvalue weighted by Crippen LogP contribution is -2.20. The number of hydrogen-bond donors (Lipinski definition) is 1. The van der Waals surface area contributed by atoms with Gasteiger partial charge >= 0.3 is 5.63 Å². The fourth-order valence-corrected chi connectivity index (χ4v) is 2.37. The molecule has 0 radical (unpaired) electrons. The van der Waals surface area contributed by atoms with Crippen LogP contribution in [0.1, 0.15) is 17.3 Å². The topological polar surface area (TPSA) is 112 Å². The van der Waals surface area contributed by atoms with Crippen LogP contribution in [0, 0.1) is 10.1 Å². The zero-order chi connectivity index (χ0) is 18.7. The molecule has 1 heterocycles. The summed E-state index contributed by atoms with van der Waals surface area (Å²) in [6.45, 7) is 2.32. The van der Waals surface area contributed by atoms with Gasteiger partial charge < -0.3 is 14.5 Å². The first-order chi connectivity index (χ1) is 12.5. The van der Waals surface area contributed by atoms with Crippen LogP contribution >= 0.6 is 0 Å². The van der Waals surface area contributed by atoms with E-state index in [0.29, 0.717) is 29.0 Å². The summed E-state index contributed by atoms with van der Waals surface area (Å²) in [6.07, 6.45) is 0. The van der Waals surface area contributed by atoms with E-state index in [9.17, 15) is 19.7 Å². The Morgan fingerprint density at radius 2 is 1.92 bits per heavy atom. The van der Waals surface area contributed by atoms with E-state index in [2.05, 4.69) is 5.32 Å². The second kappa shape index (κ2) is 7.06. The highest BCUT2D eigenvalue weighted by Crippen LogP contribution is 2.21. The van der Waals surface area contributed by atoms with E-state index in [1.165, 1.54) is 30.3 Å². The van der Waals surface area contributed by atoms with Gasteiger partial charge in [-0.2, -0.15) is 0 Å². The lowest BCUT2D eigenvalue weighted by Gasteiger charge is -2.06. The van der Waals surface area contributed by atoms with E-state index in [0.717, 1.165) is 0 Å². The van der Waals surface area contributed by atoms with Crippen molar-refractivity contribution < 1.29 is 18.9 Å². The molecule has 8 heteroatoms. The van der Waals surface area contributed by atoms with E-state index >= 15 is 0 Å². The molecule has 3 aromatic rings. The normalized spacial score (nSPS) is 10.5. The van der Waals surface area contributed by atoms with Crippen molar-refractivity contribution in [3.05, 3.63) is 74.6 Å². The van der Waals surface area contributed by atoms with Crippen LogP contribution in [0.15, 0.2) is 57.7 Å². The number of rotatable bonds is 5. The summed E-state index contributed by atoms with van der Waals surface area (Å²) in [5, 5.41) is 13.7. The van der Waals surface area contributed by atoms with Gasteiger partial charge in [-0.05, 0) is 37.3 Å². The fraction of sp³-hybridized carbons (Fsp3) is 0.111. The second-order valence-electron chi connectivity index (χ2n) is 5.34. The molecule has 132 valence electrons. The molecule has 1 N–H and O–H groups in total. The van der Waals surface area contributed by atoms with Crippen molar-refractivity contribution in [2.75, 3.05) is 11.9 Å². The first kappa shape index (κ1) is 17.2. The molecule has 0 saturated heterocycles. The molecule has 3 rings (SSSR count). The highest BCUT2D eigenvalue weighted by atomic mass is 16.6. The van der Waals surface area contributed by atoms with Gasteiger partial charge in [-0.3, -0.25) is 14.9 Å². The van der Waals surface area contributed by atoms with Gasteiger partial charge in [-0.25, -0.2) is 4.79 Å². The third-order valence-corrected chi connectivity index (χ3v) is 3.60. The number of anilines is 1. The Hall–Kier alpha value is -3.68. The van der Waals surface area contributed by atoms with Gasteiger partial charge in [0.05, 0.1) is 11.5 Å². The van der Waals surface area contributed by atoms with Gasteiger partial charge in [0.1, 0.15) is 16.9 Å². The van der Waals surface area contributed by atoms with E-state index < -0.39 is 16.5 Å². The van der Waals surface area contributed by atoms with E-state index in [-0.39, 0.29) is 11.3 Å². The number of non-ortho nitro benzene ring substituents is 1. The average molecular weight is 354 g/mol. The molecular weight excluding hydrogens is 340 g/mol. The van der Waals surface area contributed by atoms with Crippen LogP contribution in [0.25, 0.3) is 11.0 Å². The van der Waals surface area contributed by atoms with Crippen molar-refractivity contribution in [2.45, 2.75) is 6.92 Å². The zero-order valence-corrected chi connectivity index (χ0v) is 13.7. The number of amides is 1. The predicted molar refractivity (Wildman–Crippen MR) is 94.7 cm³/mol. The largest absolute Gasteiger partial charge is 0.494 e. The Morgan fingerprint density at radius 3 is 2.58 bits per heavy atom. The minimum atomic E-state index is -0.787. The van der Waals surface area contributed by atoms with Crippen molar-refractivity contribution in [3.63, 3.8) is 0 Å². The summed E-state index contributed by atoms with van der Waals surface area (Å²) < 4.78 is 10.6. The first-order valence-electron chi connectivity index (χ1n) is 7.74. The summed E-state index contributed by atoms with van der Waals surface area (Å²) in [7, 11) is 0. The molecule has 0 aliphatic carbocycles. The molecule has 26 heavy (non-hydrogen) atoms. The molecule has 1 aromatic heterocycles. The number of nitro benzene ring substituents is 1. The van der Waals surface area contributed by atoms with Gasteiger partial charge in [0, 0.05) is 29.3 Å².